The second-order valence-electron chi connectivity index (χ2n) is 15.8. The number of anilines is 3. The van der Waals surface area contributed by atoms with Crippen molar-refractivity contribution < 1.29 is 0 Å². The highest BCUT2D eigenvalue weighted by atomic mass is 15.1. The number of para-hydroxylation sites is 3. The summed E-state index contributed by atoms with van der Waals surface area (Å²) in [6, 6.07) is 60.0. The van der Waals surface area contributed by atoms with Gasteiger partial charge in [0.05, 0.1) is 22.4 Å². The van der Waals surface area contributed by atoms with Crippen molar-refractivity contribution in [3.8, 4) is 44.8 Å². The molecule has 1 aromatic heterocycles. The lowest BCUT2D eigenvalue weighted by Crippen LogP contribution is -2.23. The second kappa shape index (κ2) is 13.7. The lowest BCUT2D eigenvalue weighted by Gasteiger charge is -2.31. The Kier molecular flexibility index (Phi) is 8.44. The van der Waals surface area contributed by atoms with Crippen molar-refractivity contribution in [2.24, 2.45) is 0 Å². The lowest BCUT2D eigenvalue weighted by atomic mass is 9.73. The Hall–Kier alpha value is -6.32. The maximum atomic E-state index is 5.36. The zero-order valence-corrected chi connectivity index (χ0v) is 33.3. The fourth-order valence-corrected chi connectivity index (χ4v) is 10.4. The Labute approximate surface area is 336 Å². The van der Waals surface area contributed by atoms with Gasteiger partial charge in [0.1, 0.15) is 0 Å². The summed E-state index contributed by atoms with van der Waals surface area (Å²) in [5.41, 5.74) is 20.2. The van der Waals surface area contributed by atoms with Gasteiger partial charge >= 0.3 is 0 Å². The van der Waals surface area contributed by atoms with Gasteiger partial charge in [0.2, 0.25) is 0 Å². The number of rotatable bonds is 9. The summed E-state index contributed by atoms with van der Waals surface area (Å²) >= 11 is 0. The molecule has 0 fully saturated rings. The van der Waals surface area contributed by atoms with Crippen molar-refractivity contribution in [3.05, 3.63) is 186 Å². The number of hydrogen-bond donors (Lipinski definition) is 0. The first-order valence-electron chi connectivity index (χ1n) is 20.7. The molecule has 278 valence electrons. The van der Waals surface area contributed by atoms with Crippen LogP contribution in [0.4, 0.5) is 17.1 Å². The van der Waals surface area contributed by atoms with Gasteiger partial charge in [-0.3, -0.25) is 0 Å². The van der Waals surface area contributed by atoms with Gasteiger partial charge in [0.15, 0.2) is 0 Å². The molecule has 0 saturated carbocycles. The van der Waals surface area contributed by atoms with Gasteiger partial charge in [0, 0.05) is 39.0 Å². The number of fused-ring (bicyclic) bond motifs is 7. The lowest BCUT2D eigenvalue weighted by molar-refractivity contribution is 0.490. The van der Waals surface area contributed by atoms with Crippen molar-refractivity contribution in [1.82, 2.24) is 9.97 Å². The van der Waals surface area contributed by atoms with Crippen LogP contribution in [0.3, 0.4) is 0 Å². The SMILES string of the molecule is CCC1(CC)c2ccccc2-c2ccc(-c3nc4ccccc4nc3-c3ccc(N(c4ccccc4)c4ccc5c(c4)C(CC)(CC)c4ccccc4-5)cc3)cc21. The molecule has 10 rings (SSSR count). The maximum Gasteiger partial charge on any atom is 0.0973 e. The van der Waals surface area contributed by atoms with Crippen LogP contribution in [-0.4, -0.2) is 9.97 Å². The largest absolute Gasteiger partial charge is 0.310 e. The van der Waals surface area contributed by atoms with E-state index in [1.807, 2.05) is 6.07 Å². The molecule has 0 aliphatic heterocycles. The zero-order valence-electron chi connectivity index (χ0n) is 33.3. The van der Waals surface area contributed by atoms with Crippen molar-refractivity contribution in [2.45, 2.75) is 64.2 Å². The van der Waals surface area contributed by atoms with E-state index in [-0.39, 0.29) is 10.8 Å². The van der Waals surface area contributed by atoms with Crippen LogP contribution in [0.15, 0.2) is 164 Å². The second-order valence-corrected chi connectivity index (χ2v) is 15.8. The quantitative estimate of drug-likeness (QED) is 0.148. The standard InChI is InChI=1S/C54H47N3/c1-5-53(6-2)45-22-14-12-20-41(45)43-32-28-37(34-47(43)53)52-51(55-49-24-16-17-25-50(49)56-52)36-26-29-39(30-27-36)57(38-18-10-9-11-19-38)40-31-33-44-42-21-13-15-23-46(42)54(7-3,8-4)48(44)35-40/h9-35H,5-8H2,1-4H3. The van der Waals surface area contributed by atoms with E-state index < -0.39 is 0 Å². The molecule has 3 heteroatoms. The molecule has 0 saturated heterocycles. The Morgan fingerprint density at radius 3 is 1.37 bits per heavy atom. The third-order valence-corrected chi connectivity index (χ3v) is 13.4. The van der Waals surface area contributed by atoms with E-state index in [0.29, 0.717) is 0 Å². The fourth-order valence-electron chi connectivity index (χ4n) is 10.4. The van der Waals surface area contributed by atoms with Crippen LogP contribution in [0.25, 0.3) is 55.8 Å². The van der Waals surface area contributed by atoms with E-state index in [1.54, 1.807) is 0 Å². The number of benzene rings is 7. The van der Waals surface area contributed by atoms with E-state index >= 15 is 0 Å². The van der Waals surface area contributed by atoms with E-state index in [9.17, 15) is 0 Å². The highest BCUT2D eigenvalue weighted by molar-refractivity contribution is 5.91. The van der Waals surface area contributed by atoms with Crippen LogP contribution < -0.4 is 4.90 Å². The molecule has 8 aromatic rings. The molecule has 0 bridgehead atoms. The zero-order chi connectivity index (χ0) is 38.7. The Bertz CT molecular complexity index is 2790. The topological polar surface area (TPSA) is 29.0 Å². The van der Waals surface area contributed by atoms with Gasteiger partial charge in [-0.25, -0.2) is 9.97 Å². The van der Waals surface area contributed by atoms with Gasteiger partial charge < -0.3 is 4.90 Å². The van der Waals surface area contributed by atoms with E-state index in [4.69, 9.17) is 9.97 Å². The summed E-state index contributed by atoms with van der Waals surface area (Å²) in [4.78, 5) is 13.1. The first-order valence-corrected chi connectivity index (χ1v) is 20.7. The Morgan fingerprint density at radius 2 is 0.789 bits per heavy atom. The monoisotopic (exact) mass is 737 g/mol. The summed E-state index contributed by atoms with van der Waals surface area (Å²) in [5.74, 6) is 0. The third kappa shape index (κ3) is 5.25. The summed E-state index contributed by atoms with van der Waals surface area (Å²) < 4.78 is 0. The number of aromatic nitrogens is 2. The van der Waals surface area contributed by atoms with E-state index in [1.165, 1.54) is 44.5 Å². The van der Waals surface area contributed by atoms with Crippen LogP contribution in [0, 0.1) is 0 Å². The predicted molar refractivity (Wildman–Crippen MR) is 239 cm³/mol. The molecule has 7 aromatic carbocycles. The minimum absolute atomic E-state index is 0.00638. The molecule has 0 spiro atoms. The molecule has 3 nitrogen and oxygen atoms in total. The molecule has 2 aliphatic carbocycles. The van der Waals surface area contributed by atoms with Gasteiger partial charge in [-0.2, -0.15) is 0 Å². The molecule has 0 amide bonds. The first kappa shape index (κ1) is 35.1. The van der Waals surface area contributed by atoms with Crippen LogP contribution in [0.5, 0.6) is 0 Å². The molecule has 2 aliphatic rings. The van der Waals surface area contributed by atoms with Crippen LogP contribution in [0.2, 0.25) is 0 Å². The Balaban J connectivity index is 1.10. The molecule has 0 N–H and O–H groups in total. The average Bonchev–Trinajstić information content (AvgIpc) is 3.73. The van der Waals surface area contributed by atoms with Crippen molar-refractivity contribution in [1.29, 1.82) is 0 Å². The smallest absolute Gasteiger partial charge is 0.0973 e. The van der Waals surface area contributed by atoms with Crippen molar-refractivity contribution >= 4 is 28.1 Å². The van der Waals surface area contributed by atoms with E-state index in [2.05, 4.69) is 190 Å². The first-order chi connectivity index (χ1) is 28.0. The molecule has 0 unspecified atom stereocenters. The van der Waals surface area contributed by atoms with Gasteiger partial charge in [0.25, 0.3) is 0 Å². The minimum atomic E-state index is -0.0246. The third-order valence-electron chi connectivity index (χ3n) is 13.4. The van der Waals surface area contributed by atoms with Crippen molar-refractivity contribution in [2.75, 3.05) is 4.90 Å². The molecule has 0 radical (unpaired) electrons. The van der Waals surface area contributed by atoms with Crippen LogP contribution in [0.1, 0.15) is 75.6 Å². The van der Waals surface area contributed by atoms with Gasteiger partial charge in [-0.15, -0.1) is 0 Å². The fraction of sp³-hybridized carbons (Fsp3) is 0.185. The summed E-state index contributed by atoms with van der Waals surface area (Å²) in [6.45, 7) is 9.33. The highest BCUT2D eigenvalue weighted by Crippen LogP contribution is 2.55. The molecule has 0 atom stereocenters. The maximum absolute atomic E-state index is 5.36. The minimum Gasteiger partial charge on any atom is -0.310 e. The summed E-state index contributed by atoms with van der Waals surface area (Å²) in [7, 11) is 0. The predicted octanol–water partition coefficient (Wildman–Crippen LogP) is 14.6. The molecule has 57 heavy (non-hydrogen) atoms. The Morgan fingerprint density at radius 1 is 0.368 bits per heavy atom. The van der Waals surface area contributed by atoms with Crippen LogP contribution in [-0.2, 0) is 10.8 Å². The highest BCUT2D eigenvalue weighted by Gasteiger charge is 2.42. The molecule has 1 heterocycles. The number of nitrogens with zero attached hydrogens (tertiary/aromatic N) is 3. The van der Waals surface area contributed by atoms with Crippen molar-refractivity contribution in [3.63, 3.8) is 0 Å². The van der Waals surface area contributed by atoms with Crippen LogP contribution >= 0.6 is 0 Å². The molecular weight excluding hydrogens is 691 g/mol. The average molecular weight is 738 g/mol. The normalized spacial score (nSPS) is 14.2. The van der Waals surface area contributed by atoms with E-state index in [0.717, 1.165) is 76.3 Å². The molecular formula is C54H47N3. The summed E-state index contributed by atoms with van der Waals surface area (Å²) in [6.07, 6.45) is 4.20. The van der Waals surface area contributed by atoms with Gasteiger partial charge in [-0.05, 0) is 125 Å². The number of hydrogen-bond acceptors (Lipinski definition) is 3. The summed E-state index contributed by atoms with van der Waals surface area (Å²) in [5, 5.41) is 0. The van der Waals surface area contributed by atoms with Gasteiger partial charge in [-0.1, -0.05) is 137 Å².